The molecule has 0 bridgehead atoms. The molecule has 4 heteroatoms. The van der Waals surface area contributed by atoms with Crippen LogP contribution in [0.4, 0.5) is 0 Å². The van der Waals surface area contributed by atoms with E-state index in [9.17, 15) is 4.21 Å². The Kier molecular flexibility index (Phi) is 6.45. The molecule has 0 spiro atoms. The minimum atomic E-state index is -0.638. The van der Waals surface area contributed by atoms with Crippen molar-refractivity contribution in [2.45, 2.75) is 32.2 Å². The maximum atomic E-state index is 11.0. The van der Waals surface area contributed by atoms with Gasteiger partial charge < -0.3 is 10.2 Å². The maximum Gasteiger partial charge on any atom is 0.0359 e. The highest BCUT2D eigenvalue weighted by molar-refractivity contribution is 7.84. The van der Waals surface area contributed by atoms with E-state index in [1.807, 2.05) is 0 Å². The standard InChI is InChI=1S/C11H24N2OS/c1-3-6-12-11-4-7-13(8-5-11)9-10-15(2)14/h11-12H,3-10H2,1-2H3. The maximum absolute atomic E-state index is 11.0. The van der Waals surface area contributed by atoms with E-state index in [1.165, 1.54) is 32.4 Å². The Morgan fingerprint density at radius 2 is 2.07 bits per heavy atom. The number of nitrogens with zero attached hydrogens (tertiary/aromatic N) is 1. The van der Waals surface area contributed by atoms with Crippen LogP contribution in [-0.4, -0.2) is 53.3 Å². The molecule has 1 saturated heterocycles. The molecule has 0 aromatic rings. The molecule has 0 amide bonds. The first-order valence-corrected chi connectivity index (χ1v) is 7.71. The number of hydrogen-bond acceptors (Lipinski definition) is 3. The smallest absolute Gasteiger partial charge is 0.0359 e. The molecule has 0 aromatic carbocycles. The summed E-state index contributed by atoms with van der Waals surface area (Å²) in [5, 5.41) is 3.57. The first-order valence-electron chi connectivity index (χ1n) is 5.98. The molecule has 1 aliphatic heterocycles. The Hall–Kier alpha value is 0.0700. The topological polar surface area (TPSA) is 32.3 Å². The molecule has 1 N–H and O–H groups in total. The third-order valence-electron chi connectivity index (χ3n) is 2.97. The van der Waals surface area contributed by atoms with E-state index >= 15 is 0 Å². The second-order valence-corrected chi connectivity index (χ2v) is 5.90. The van der Waals surface area contributed by atoms with Gasteiger partial charge in [0.05, 0.1) is 0 Å². The van der Waals surface area contributed by atoms with Gasteiger partial charge in [0.1, 0.15) is 0 Å². The van der Waals surface area contributed by atoms with Crippen molar-refractivity contribution in [2.75, 3.05) is 38.2 Å². The van der Waals surface area contributed by atoms with Crippen LogP contribution in [0.25, 0.3) is 0 Å². The van der Waals surface area contributed by atoms with Crippen LogP contribution in [0, 0.1) is 0 Å². The molecule has 0 aliphatic carbocycles. The molecular formula is C11H24N2OS. The monoisotopic (exact) mass is 232 g/mol. The van der Waals surface area contributed by atoms with E-state index in [4.69, 9.17) is 0 Å². The van der Waals surface area contributed by atoms with E-state index < -0.39 is 10.8 Å². The fourth-order valence-corrected chi connectivity index (χ4v) is 2.48. The number of rotatable bonds is 6. The van der Waals surface area contributed by atoms with Gasteiger partial charge in [-0.1, -0.05) is 6.92 Å². The highest BCUT2D eigenvalue weighted by Gasteiger charge is 2.17. The summed E-state index contributed by atoms with van der Waals surface area (Å²) in [7, 11) is -0.638. The molecule has 1 atom stereocenters. The van der Waals surface area contributed by atoms with Crippen molar-refractivity contribution in [1.29, 1.82) is 0 Å². The third-order valence-corrected chi connectivity index (χ3v) is 3.72. The number of nitrogens with one attached hydrogen (secondary N) is 1. The van der Waals surface area contributed by atoms with Gasteiger partial charge in [-0.3, -0.25) is 4.21 Å². The van der Waals surface area contributed by atoms with Crippen LogP contribution in [0.5, 0.6) is 0 Å². The third kappa shape index (κ3) is 5.64. The molecule has 0 radical (unpaired) electrons. The van der Waals surface area contributed by atoms with Crippen LogP contribution >= 0.6 is 0 Å². The van der Waals surface area contributed by atoms with Crippen molar-refractivity contribution < 1.29 is 4.21 Å². The molecule has 1 heterocycles. The lowest BCUT2D eigenvalue weighted by molar-refractivity contribution is 0.208. The van der Waals surface area contributed by atoms with Crippen LogP contribution in [0.3, 0.4) is 0 Å². The molecule has 0 aromatic heterocycles. The molecule has 1 aliphatic rings. The van der Waals surface area contributed by atoms with Gasteiger partial charge in [0.15, 0.2) is 0 Å². The molecule has 3 nitrogen and oxygen atoms in total. The summed E-state index contributed by atoms with van der Waals surface area (Å²) < 4.78 is 11.0. The largest absolute Gasteiger partial charge is 0.314 e. The average Bonchev–Trinajstić information content (AvgIpc) is 2.25. The predicted octanol–water partition coefficient (Wildman–Crippen LogP) is 0.829. The van der Waals surface area contributed by atoms with Crippen molar-refractivity contribution in [2.24, 2.45) is 0 Å². The Morgan fingerprint density at radius 3 is 2.60 bits per heavy atom. The number of likely N-dealkylation sites (tertiary alicyclic amines) is 1. The molecule has 1 fully saturated rings. The lowest BCUT2D eigenvalue weighted by Crippen LogP contribution is -2.43. The van der Waals surface area contributed by atoms with Gasteiger partial charge in [-0.2, -0.15) is 0 Å². The first kappa shape index (κ1) is 13.1. The summed E-state index contributed by atoms with van der Waals surface area (Å²) in [5.41, 5.74) is 0. The van der Waals surface area contributed by atoms with Crippen molar-refractivity contribution in [3.05, 3.63) is 0 Å². The second kappa shape index (κ2) is 7.36. The summed E-state index contributed by atoms with van der Waals surface area (Å²) in [4.78, 5) is 2.44. The van der Waals surface area contributed by atoms with E-state index in [-0.39, 0.29) is 0 Å². The Morgan fingerprint density at radius 1 is 1.40 bits per heavy atom. The Labute approximate surface area is 96.1 Å². The minimum Gasteiger partial charge on any atom is -0.314 e. The van der Waals surface area contributed by atoms with E-state index in [0.29, 0.717) is 6.04 Å². The second-order valence-electron chi connectivity index (χ2n) is 4.35. The normalized spacial score (nSPS) is 21.7. The molecule has 1 unspecified atom stereocenters. The zero-order chi connectivity index (χ0) is 11.1. The van der Waals surface area contributed by atoms with Crippen molar-refractivity contribution in [1.82, 2.24) is 10.2 Å². The summed E-state index contributed by atoms with van der Waals surface area (Å²) in [6.45, 7) is 6.68. The van der Waals surface area contributed by atoms with Crippen molar-refractivity contribution >= 4 is 10.8 Å². The highest BCUT2D eigenvalue weighted by atomic mass is 32.2. The van der Waals surface area contributed by atoms with Gasteiger partial charge in [-0.05, 0) is 38.9 Å². The Balaban J connectivity index is 2.09. The summed E-state index contributed by atoms with van der Waals surface area (Å²) in [6.07, 6.45) is 5.50. The predicted molar refractivity (Wildman–Crippen MR) is 66.7 cm³/mol. The average molecular weight is 232 g/mol. The van der Waals surface area contributed by atoms with E-state index in [0.717, 1.165) is 18.8 Å². The van der Waals surface area contributed by atoms with Crippen LogP contribution in [0.2, 0.25) is 0 Å². The first-order chi connectivity index (χ1) is 7.22. The zero-order valence-corrected chi connectivity index (χ0v) is 10.8. The SMILES string of the molecule is CCCNC1CCN(CCS(C)=O)CC1. The van der Waals surface area contributed by atoms with E-state index in [2.05, 4.69) is 17.1 Å². The molecule has 1 rings (SSSR count). The van der Waals surface area contributed by atoms with Gasteiger partial charge in [-0.25, -0.2) is 0 Å². The van der Waals surface area contributed by atoms with Gasteiger partial charge >= 0.3 is 0 Å². The Bertz CT molecular complexity index is 191. The van der Waals surface area contributed by atoms with Gasteiger partial charge in [0, 0.05) is 35.4 Å². The lowest BCUT2D eigenvalue weighted by atomic mass is 10.1. The van der Waals surface area contributed by atoms with Gasteiger partial charge in [-0.15, -0.1) is 0 Å². The summed E-state index contributed by atoms with van der Waals surface area (Å²) >= 11 is 0. The zero-order valence-electron chi connectivity index (χ0n) is 10.00. The molecular weight excluding hydrogens is 208 g/mol. The summed E-state index contributed by atoms with van der Waals surface area (Å²) in [6, 6.07) is 0.716. The van der Waals surface area contributed by atoms with E-state index in [1.54, 1.807) is 6.26 Å². The van der Waals surface area contributed by atoms with Crippen LogP contribution < -0.4 is 5.32 Å². The van der Waals surface area contributed by atoms with Crippen LogP contribution in [0.15, 0.2) is 0 Å². The van der Waals surface area contributed by atoms with Crippen molar-refractivity contribution in [3.8, 4) is 0 Å². The quantitative estimate of drug-likeness (QED) is 0.736. The van der Waals surface area contributed by atoms with Crippen LogP contribution in [0.1, 0.15) is 26.2 Å². The van der Waals surface area contributed by atoms with Crippen molar-refractivity contribution in [3.63, 3.8) is 0 Å². The van der Waals surface area contributed by atoms with Crippen LogP contribution in [-0.2, 0) is 10.8 Å². The summed E-state index contributed by atoms with van der Waals surface area (Å²) in [5.74, 6) is 0.826. The molecule has 0 saturated carbocycles. The fraction of sp³-hybridized carbons (Fsp3) is 1.00. The fourth-order valence-electron chi connectivity index (χ4n) is 1.97. The highest BCUT2D eigenvalue weighted by Crippen LogP contribution is 2.09. The number of piperidine rings is 1. The van der Waals surface area contributed by atoms with Gasteiger partial charge in [0.25, 0.3) is 0 Å². The minimum absolute atomic E-state index is 0.638. The molecule has 90 valence electrons. The molecule has 15 heavy (non-hydrogen) atoms. The lowest BCUT2D eigenvalue weighted by Gasteiger charge is -2.32. The number of hydrogen-bond donors (Lipinski definition) is 1. The van der Waals surface area contributed by atoms with Gasteiger partial charge in [0.2, 0.25) is 0 Å².